The van der Waals surface area contributed by atoms with Crippen LogP contribution in [0.4, 0.5) is 5.82 Å². The van der Waals surface area contributed by atoms with Crippen LogP contribution in [0.3, 0.4) is 0 Å². The van der Waals surface area contributed by atoms with Crippen molar-refractivity contribution < 1.29 is 19.4 Å². The van der Waals surface area contributed by atoms with Gasteiger partial charge in [-0.3, -0.25) is 19.5 Å². The van der Waals surface area contributed by atoms with Crippen LogP contribution in [0.1, 0.15) is 49.9 Å². The van der Waals surface area contributed by atoms with Crippen molar-refractivity contribution in [3.8, 4) is 0 Å². The summed E-state index contributed by atoms with van der Waals surface area (Å²) < 4.78 is 5.56. The van der Waals surface area contributed by atoms with Gasteiger partial charge in [-0.25, -0.2) is 0 Å². The van der Waals surface area contributed by atoms with Crippen LogP contribution in [0.5, 0.6) is 0 Å². The summed E-state index contributed by atoms with van der Waals surface area (Å²) in [5, 5.41) is 19.4. The Kier molecular flexibility index (Phi) is 6.70. The number of carbonyl (C=O) groups is 2. The van der Waals surface area contributed by atoms with Crippen LogP contribution in [0, 0.1) is 6.92 Å². The minimum atomic E-state index is -0.881. The molecule has 2 aromatic rings. The number of ether oxygens (including phenoxy) is 1. The van der Waals surface area contributed by atoms with Gasteiger partial charge in [0.2, 0.25) is 0 Å². The van der Waals surface area contributed by atoms with E-state index in [1.165, 1.54) is 4.90 Å². The number of ketones is 1. The first-order chi connectivity index (χ1) is 16.3. The van der Waals surface area contributed by atoms with Crippen molar-refractivity contribution in [2.75, 3.05) is 11.5 Å². The van der Waals surface area contributed by atoms with Gasteiger partial charge in [0, 0.05) is 24.8 Å². The lowest BCUT2D eigenvalue weighted by Crippen LogP contribution is -2.37. The lowest BCUT2D eigenvalue weighted by atomic mass is 9.93. The maximum atomic E-state index is 13.2. The first kappa shape index (κ1) is 23.5. The van der Waals surface area contributed by atoms with E-state index in [0.29, 0.717) is 35.8 Å². The Labute approximate surface area is 198 Å². The third kappa shape index (κ3) is 4.41. The van der Waals surface area contributed by atoms with E-state index in [9.17, 15) is 14.7 Å². The van der Waals surface area contributed by atoms with Gasteiger partial charge in [0.15, 0.2) is 12.0 Å². The molecule has 1 amide bonds. The number of benzene rings is 1. The van der Waals surface area contributed by atoms with Crippen molar-refractivity contribution in [3.63, 3.8) is 0 Å². The van der Waals surface area contributed by atoms with Crippen LogP contribution in [0.2, 0.25) is 0 Å². The molecule has 176 valence electrons. The zero-order valence-electron chi connectivity index (χ0n) is 19.7. The molecule has 0 saturated carbocycles. The predicted molar refractivity (Wildman–Crippen MR) is 130 cm³/mol. The molecule has 0 spiro atoms. The molecule has 1 fully saturated rings. The van der Waals surface area contributed by atoms with Gasteiger partial charge < -0.3 is 9.84 Å². The van der Waals surface area contributed by atoms with E-state index in [0.717, 1.165) is 5.56 Å². The van der Waals surface area contributed by atoms with Gasteiger partial charge in [0.05, 0.1) is 17.3 Å². The van der Waals surface area contributed by atoms with Crippen LogP contribution in [0.15, 0.2) is 58.6 Å². The molecule has 2 aliphatic rings. The van der Waals surface area contributed by atoms with Gasteiger partial charge >= 0.3 is 5.91 Å². The zero-order chi connectivity index (χ0) is 24.4. The van der Waals surface area contributed by atoms with Gasteiger partial charge in [0.1, 0.15) is 5.76 Å². The van der Waals surface area contributed by atoms with Gasteiger partial charge in [-0.2, -0.15) is 5.10 Å². The highest BCUT2D eigenvalue weighted by Crippen LogP contribution is 2.36. The number of hydrogen-bond acceptors (Lipinski definition) is 7. The maximum Gasteiger partial charge on any atom is 0.301 e. The first-order valence-corrected chi connectivity index (χ1v) is 11.4. The zero-order valence-corrected chi connectivity index (χ0v) is 19.7. The largest absolute Gasteiger partial charge is 0.507 e. The number of carbonyl (C=O) groups excluding carboxylic acids is 2. The molecule has 1 saturated heterocycles. The van der Waals surface area contributed by atoms with Crippen LogP contribution in [0.25, 0.3) is 5.76 Å². The molecule has 4 rings (SSSR count). The number of anilines is 1. The second-order valence-electron chi connectivity index (χ2n) is 8.61. The lowest BCUT2D eigenvalue weighted by Gasteiger charge is -2.26. The molecular weight excluding hydrogens is 432 g/mol. The number of aliphatic hydroxyl groups is 1. The number of aryl methyl sites for hydroxylation is 1. The predicted octanol–water partition coefficient (Wildman–Crippen LogP) is 3.93. The fourth-order valence-corrected chi connectivity index (χ4v) is 4.09. The van der Waals surface area contributed by atoms with E-state index in [4.69, 9.17) is 4.74 Å². The van der Waals surface area contributed by atoms with Gasteiger partial charge in [-0.1, -0.05) is 44.2 Å². The van der Waals surface area contributed by atoms with Gasteiger partial charge in [0.25, 0.3) is 5.78 Å². The SMILES string of the molecule is CCOC1CC=C(C2C(=C(O)c3ccc(C(C)C)cc3)C(=O)C(=O)N2c2ccc(C)nn2)C=N1. The highest BCUT2D eigenvalue weighted by molar-refractivity contribution is 6.52. The normalized spacial score (nSPS) is 21.9. The summed E-state index contributed by atoms with van der Waals surface area (Å²) in [5.41, 5.74) is 2.85. The number of nitrogens with zero attached hydrogens (tertiary/aromatic N) is 4. The topological polar surface area (TPSA) is 105 Å². The summed E-state index contributed by atoms with van der Waals surface area (Å²) in [6.45, 7) is 8.35. The first-order valence-electron chi connectivity index (χ1n) is 11.4. The van der Waals surface area contributed by atoms with Crippen LogP contribution >= 0.6 is 0 Å². The summed E-state index contributed by atoms with van der Waals surface area (Å²) >= 11 is 0. The maximum absolute atomic E-state index is 13.2. The Hall–Kier alpha value is -3.65. The Morgan fingerprint density at radius 1 is 1.15 bits per heavy atom. The van der Waals surface area contributed by atoms with Crippen LogP contribution in [-0.2, 0) is 14.3 Å². The standard InChI is InChI=1S/C26H28N4O4/c1-5-34-21-13-11-19(14-27-21)23-22(24(31)18-9-7-17(8-10-18)15(2)3)25(32)26(33)30(23)20-12-6-16(4)28-29-20/h6-12,14-15,21,23,31H,5,13H2,1-4H3. The summed E-state index contributed by atoms with van der Waals surface area (Å²) in [5.74, 6) is -1.23. The second kappa shape index (κ2) is 9.69. The molecular formula is C26H28N4O4. The number of hydrogen-bond donors (Lipinski definition) is 1. The minimum absolute atomic E-state index is 0.00256. The number of rotatable bonds is 6. The molecule has 1 N–H and O–H groups in total. The average molecular weight is 461 g/mol. The molecule has 34 heavy (non-hydrogen) atoms. The molecule has 3 heterocycles. The number of aliphatic hydroxyl groups excluding tert-OH is 1. The van der Waals surface area contributed by atoms with Gasteiger partial charge in [-0.05, 0) is 43.0 Å². The molecule has 2 unspecified atom stereocenters. The van der Waals surface area contributed by atoms with Crippen molar-refractivity contribution in [1.29, 1.82) is 0 Å². The monoisotopic (exact) mass is 460 g/mol. The Morgan fingerprint density at radius 2 is 1.88 bits per heavy atom. The van der Waals surface area contributed by atoms with Crippen molar-refractivity contribution in [2.24, 2.45) is 4.99 Å². The number of aliphatic imine (C=N–C) groups is 1. The highest BCUT2D eigenvalue weighted by Gasteiger charge is 2.48. The summed E-state index contributed by atoms with van der Waals surface area (Å²) in [7, 11) is 0. The Bertz CT molecular complexity index is 1180. The van der Waals surface area contributed by atoms with E-state index < -0.39 is 17.7 Å². The molecule has 8 nitrogen and oxygen atoms in total. The second-order valence-corrected chi connectivity index (χ2v) is 8.61. The van der Waals surface area contributed by atoms with Crippen molar-refractivity contribution in [1.82, 2.24) is 10.2 Å². The molecule has 2 atom stereocenters. The van der Waals surface area contributed by atoms with E-state index in [1.54, 1.807) is 37.4 Å². The van der Waals surface area contributed by atoms with E-state index in [1.807, 2.05) is 25.1 Å². The lowest BCUT2D eigenvalue weighted by molar-refractivity contribution is -0.132. The molecule has 8 heteroatoms. The third-order valence-corrected chi connectivity index (χ3v) is 5.95. The van der Waals surface area contributed by atoms with Gasteiger partial charge in [-0.15, -0.1) is 5.10 Å². The summed E-state index contributed by atoms with van der Waals surface area (Å²) in [4.78, 5) is 32.1. The molecule has 2 aliphatic heterocycles. The average Bonchev–Trinajstić information content (AvgIpc) is 3.10. The van der Waals surface area contributed by atoms with Crippen LogP contribution < -0.4 is 4.90 Å². The fourth-order valence-electron chi connectivity index (χ4n) is 4.09. The number of amides is 1. The third-order valence-electron chi connectivity index (χ3n) is 5.95. The van der Waals surface area contributed by atoms with Crippen molar-refractivity contribution in [3.05, 3.63) is 70.4 Å². The van der Waals surface area contributed by atoms with Crippen LogP contribution in [-0.4, -0.2) is 52.1 Å². The van der Waals surface area contributed by atoms with Crippen molar-refractivity contribution in [2.45, 2.75) is 52.3 Å². The number of Topliss-reactive ketones (excluding diaryl/α,β-unsaturated/α-hetero) is 1. The van der Waals surface area contributed by atoms with E-state index in [2.05, 4.69) is 29.0 Å². The number of dihydropyridines is 1. The Balaban J connectivity index is 1.82. The number of aromatic nitrogens is 2. The quantitative estimate of drug-likeness (QED) is 0.398. The highest BCUT2D eigenvalue weighted by atomic mass is 16.5. The molecule has 0 aliphatic carbocycles. The molecule has 1 aromatic heterocycles. The summed E-state index contributed by atoms with van der Waals surface area (Å²) in [6, 6.07) is 9.81. The molecule has 0 bridgehead atoms. The summed E-state index contributed by atoms with van der Waals surface area (Å²) in [6.07, 6.45) is 3.65. The fraction of sp³-hybridized carbons (Fsp3) is 0.346. The van der Waals surface area contributed by atoms with Crippen molar-refractivity contribution >= 4 is 29.5 Å². The molecule has 1 aromatic carbocycles. The molecule has 0 radical (unpaired) electrons. The van der Waals surface area contributed by atoms with E-state index >= 15 is 0 Å². The Morgan fingerprint density at radius 3 is 2.44 bits per heavy atom. The minimum Gasteiger partial charge on any atom is -0.507 e. The van der Waals surface area contributed by atoms with E-state index in [-0.39, 0.29) is 23.4 Å². The smallest absolute Gasteiger partial charge is 0.301 e.